The summed E-state index contributed by atoms with van der Waals surface area (Å²) in [4.78, 5) is 46.2. The number of amides is 3. The minimum Gasteiger partial charge on any atom is -0.497 e. The first-order valence-electron chi connectivity index (χ1n) is 15.1. The third-order valence-electron chi connectivity index (χ3n) is 7.19. The summed E-state index contributed by atoms with van der Waals surface area (Å²) in [5, 5.41) is 12.4. The lowest BCUT2D eigenvalue weighted by atomic mass is 10.1. The average Bonchev–Trinajstić information content (AvgIpc) is 3.84. The second-order valence-electron chi connectivity index (χ2n) is 10.5. The van der Waals surface area contributed by atoms with E-state index in [1.165, 1.54) is 34.4 Å². The first kappa shape index (κ1) is 33.4. The summed E-state index contributed by atoms with van der Waals surface area (Å²) in [6, 6.07) is 36.8. The van der Waals surface area contributed by atoms with Gasteiger partial charge in [0.15, 0.2) is 5.13 Å². The van der Waals surface area contributed by atoms with Gasteiger partial charge in [-0.05, 0) is 83.7 Å². The van der Waals surface area contributed by atoms with Crippen molar-refractivity contribution in [3.63, 3.8) is 0 Å². The fourth-order valence-electron chi connectivity index (χ4n) is 4.71. The molecule has 244 valence electrons. The molecule has 0 aliphatic carbocycles. The molecule has 2 heterocycles. The van der Waals surface area contributed by atoms with Crippen molar-refractivity contribution in [2.45, 2.75) is 10.1 Å². The Morgan fingerprint density at radius 1 is 0.796 bits per heavy atom. The largest absolute Gasteiger partial charge is 0.497 e. The molecule has 0 aliphatic heterocycles. The van der Waals surface area contributed by atoms with Gasteiger partial charge in [-0.1, -0.05) is 54.6 Å². The first-order chi connectivity index (χ1) is 23.9. The molecule has 0 bridgehead atoms. The van der Waals surface area contributed by atoms with E-state index in [4.69, 9.17) is 4.74 Å². The Bertz CT molecular complexity index is 2050. The van der Waals surface area contributed by atoms with Crippen LogP contribution in [0.4, 0.5) is 10.8 Å². The van der Waals surface area contributed by atoms with Crippen molar-refractivity contribution in [2.75, 3.05) is 17.7 Å². The van der Waals surface area contributed by atoms with Crippen LogP contribution in [0.1, 0.15) is 26.0 Å². The summed E-state index contributed by atoms with van der Waals surface area (Å²) in [7, 11) is 1.62. The zero-order chi connectivity index (χ0) is 34.0. The number of carbonyl (C=O) groups excluding carboxylic acids is 3. The standard InChI is InChI=1S/C38H30N4O4S3/c1-46-29-18-14-25(15-19-29)33-24-48-38(41-33)42-37(45)34(26-9-4-2-5-10-26)49-30-20-16-28(17-21-30)39-36(44)32(23-31-13-8-22-47-31)40-35(43)27-11-6-3-7-12-27/h2-24,34H,1H3,(H,39,44)(H,40,43)(H,41,42,45)/b32-23-. The normalized spacial score (nSPS) is 11.7. The summed E-state index contributed by atoms with van der Waals surface area (Å²) >= 11 is 4.21. The van der Waals surface area contributed by atoms with Gasteiger partial charge in [-0.25, -0.2) is 4.98 Å². The maximum Gasteiger partial charge on any atom is 0.272 e. The Hall–Kier alpha value is -5.49. The minimum absolute atomic E-state index is 0.118. The number of anilines is 2. The lowest BCUT2D eigenvalue weighted by Gasteiger charge is -2.17. The van der Waals surface area contributed by atoms with Gasteiger partial charge in [0, 0.05) is 32.0 Å². The van der Waals surface area contributed by atoms with E-state index < -0.39 is 11.2 Å². The van der Waals surface area contributed by atoms with Crippen molar-refractivity contribution in [2.24, 2.45) is 0 Å². The van der Waals surface area contributed by atoms with Crippen LogP contribution in [-0.2, 0) is 9.59 Å². The number of rotatable bonds is 12. The molecular formula is C38H30N4O4S3. The monoisotopic (exact) mass is 702 g/mol. The van der Waals surface area contributed by atoms with E-state index in [9.17, 15) is 14.4 Å². The van der Waals surface area contributed by atoms with E-state index in [0.29, 0.717) is 16.4 Å². The van der Waals surface area contributed by atoms with E-state index in [2.05, 4.69) is 20.9 Å². The molecule has 49 heavy (non-hydrogen) atoms. The Morgan fingerprint density at radius 2 is 1.51 bits per heavy atom. The van der Waals surface area contributed by atoms with Crippen LogP contribution in [0, 0.1) is 0 Å². The van der Waals surface area contributed by atoms with Crippen LogP contribution in [0.15, 0.2) is 143 Å². The molecule has 0 spiro atoms. The first-order valence-corrected chi connectivity index (χ1v) is 17.7. The van der Waals surface area contributed by atoms with E-state index in [1.807, 2.05) is 95.7 Å². The number of hydrogen-bond acceptors (Lipinski definition) is 8. The van der Waals surface area contributed by atoms with Gasteiger partial charge in [0.05, 0.1) is 12.8 Å². The second-order valence-corrected chi connectivity index (χ2v) is 13.6. The highest BCUT2D eigenvalue weighted by atomic mass is 32.2. The van der Waals surface area contributed by atoms with Crippen LogP contribution in [0.2, 0.25) is 0 Å². The van der Waals surface area contributed by atoms with Crippen LogP contribution in [-0.4, -0.2) is 29.8 Å². The highest BCUT2D eigenvalue weighted by molar-refractivity contribution is 8.00. The van der Waals surface area contributed by atoms with Crippen molar-refractivity contribution in [1.82, 2.24) is 10.3 Å². The average molecular weight is 703 g/mol. The molecule has 0 saturated carbocycles. The molecule has 3 N–H and O–H groups in total. The van der Waals surface area contributed by atoms with Gasteiger partial charge in [-0.15, -0.1) is 34.4 Å². The number of benzene rings is 4. The number of nitrogens with one attached hydrogen (secondary N) is 3. The van der Waals surface area contributed by atoms with E-state index in [-0.39, 0.29) is 17.5 Å². The van der Waals surface area contributed by atoms with Gasteiger partial charge in [0.25, 0.3) is 11.8 Å². The number of methoxy groups -OCH3 is 1. The summed E-state index contributed by atoms with van der Waals surface area (Å²) in [5.74, 6) is -0.294. The van der Waals surface area contributed by atoms with Gasteiger partial charge >= 0.3 is 0 Å². The number of carbonyl (C=O) groups is 3. The predicted molar refractivity (Wildman–Crippen MR) is 199 cm³/mol. The van der Waals surface area contributed by atoms with Gasteiger partial charge < -0.3 is 20.7 Å². The molecule has 1 unspecified atom stereocenters. The third kappa shape index (κ3) is 8.90. The van der Waals surface area contributed by atoms with Crippen molar-refractivity contribution < 1.29 is 19.1 Å². The third-order valence-corrected chi connectivity index (χ3v) is 10.0. The van der Waals surface area contributed by atoms with E-state index in [1.54, 1.807) is 49.6 Å². The Balaban J connectivity index is 1.15. The van der Waals surface area contributed by atoms with Crippen LogP contribution in [0.3, 0.4) is 0 Å². The number of hydrogen-bond donors (Lipinski definition) is 3. The number of nitrogens with zero attached hydrogens (tertiary/aromatic N) is 1. The number of thioether (sulfide) groups is 1. The molecule has 0 saturated heterocycles. The zero-order valence-electron chi connectivity index (χ0n) is 26.2. The molecule has 6 rings (SSSR count). The van der Waals surface area contributed by atoms with Gasteiger partial charge in [0.2, 0.25) is 5.91 Å². The summed E-state index contributed by atoms with van der Waals surface area (Å²) in [6.07, 6.45) is 1.65. The van der Waals surface area contributed by atoms with Crippen molar-refractivity contribution in [1.29, 1.82) is 0 Å². The molecule has 6 aromatic rings. The topological polar surface area (TPSA) is 109 Å². The molecule has 0 radical (unpaired) electrons. The maximum absolute atomic E-state index is 13.7. The van der Waals surface area contributed by atoms with Crippen LogP contribution in [0.5, 0.6) is 5.75 Å². The number of aromatic nitrogens is 1. The predicted octanol–water partition coefficient (Wildman–Crippen LogP) is 8.76. The number of ether oxygens (including phenoxy) is 1. The lowest BCUT2D eigenvalue weighted by Crippen LogP contribution is -2.30. The Morgan fingerprint density at radius 3 is 2.18 bits per heavy atom. The molecular weight excluding hydrogens is 673 g/mol. The molecule has 11 heteroatoms. The van der Waals surface area contributed by atoms with Crippen LogP contribution < -0.4 is 20.7 Å². The highest BCUT2D eigenvalue weighted by Crippen LogP contribution is 2.37. The van der Waals surface area contributed by atoms with Crippen LogP contribution >= 0.6 is 34.4 Å². The maximum atomic E-state index is 13.7. The zero-order valence-corrected chi connectivity index (χ0v) is 28.6. The summed E-state index contributed by atoms with van der Waals surface area (Å²) < 4.78 is 5.25. The summed E-state index contributed by atoms with van der Waals surface area (Å²) in [5.41, 5.74) is 3.62. The van der Waals surface area contributed by atoms with Gasteiger partial charge in [0.1, 0.15) is 16.7 Å². The quantitative estimate of drug-likeness (QED) is 0.0869. The SMILES string of the molecule is COc1ccc(-c2csc(NC(=O)C(Sc3ccc(NC(=O)/C(=C/c4cccs4)NC(=O)c4ccccc4)cc3)c3ccccc3)n2)cc1. The van der Waals surface area contributed by atoms with Crippen molar-refractivity contribution in [3.05, 3.63) is 154 Å². The molecule has 8 nitrogen and oxygen atoms in total. The molecule has 0 aliphatic rings. The van der Waals surface area contributed by atoms with E-state index in [0.717, 1.165) is 32.3 Å². The van der Waals surface area contributed by atoms with Gasteiger partial charge in [-0.3, -0.25) is 14.4 Å². The van der Waals surface area contributed by atoms with Crippen molar-refractivity contribution >= 4 is 69.1 Å². The Kier molecular flexibility index (Phi) is 11.0. The molecule has 1 atom stereocenters. The van der Waals surface area contributed by atoms with Crippen molar-refractivity contribution in [3.8, 4) is 17.0 Å². The Labute approximate surface area is 295 Å². The molecule has 2 aromatic heterocycles. The molecule has 4 aromatic carbocycles. The highest BCUT2D eigenvalue weighted by Gasteiger charge is 2.24. The second kappa shape index (κ2) is 16.1. The fraction of sp³-hybridized carbons (Fsp3) is 0.0526. The number of thiazole rings is 1. The summed E-state index contributed by atoms with van der Waals surface area (Å²) in [6.45, 7) is 0. The molecule has 3 amide bonds. The smallest absolute Gasteiger partial charge is 0.272 e. The minimum atomic E-state index is -0.566. The van der Waals surface area contributed by atoms with Crippen LogP contribution in [0.25, 0.3) is 17.3 Å². The molecule has 0 fully saturated rings. The van der Waals surface area contributed by atoms with E-state index >= 15 is 0 Å². The fourth-order valence-corrected chi connectivity index (χ4v) is 7.11. The van der Waals surface area contributed by atoms with Gasteiger partial charge in [-0.2, -0.15) is 0 Å². The lowest BCUT2D eigenvalue weighted by molar-refractivity contribution is -0.116. The number of thiophene rings is 1.